The summed E-state index contributed by atoms with van der Waals surface area (Å²) < 4.78 is 5.41. The maximum absolute atomic E-state index is 13.2. The number of carboxylic acids is 1. The van der Waals surface area contributed by atoms with Gasteiger partial charge in [0.15, 0.2) is 0 Å². The van der Waals surface area contributed by atoms with Crippen LogP contribution in [-0.2, 0) is 14.3 Å². The minimum absolute atomic E-state index is 0.0267. The molecule has 2 unspecified atom stereocenters. The van der Waals surface area contributed by atoms with Crippen LogP contribution in [0.1, 0.15) is 91.9 Å². The summed E-state index contributed by atoms with van der Waals surface area (Å²) in [5.41, 5.74) is 2.12. The van der Waals surface area contributed by atoms with Crippen molar-refractivity contribution in [3.63, 3.8) is 0 Å². The minimum atomic E-state index is -0.998. The SMILES string of the molecule is C=C1/C(=C\C=C2CCC[C@@]3(C)C2CC[C@@H]3[C@H](C)C(CCC(C)(C)O)C(=O)OCCC(=O)O)C[C@@H](O)C[C@H]1O. The second kappa shape index (κ2) is 12.5. The van der Waals surface area contributed by atoms with Crippen LogP contribution < -0.4 is 0 Å². The van der Waals surface area contributed by atoms with Crippen LogP contribution in [0.25, 0.3) is 0 Å². The van der Waals surface area contributed by atoms with Crippen LogP contribution in [0.4, 0.5) is 0 Å². The molecule has 38 heavy (non-hydrogen) atoms. The first-order valence-electron chi connectivity index (χ1n) is 14.3. The minimum Gasteiger partial charge on any atom is -0.481 e. The third kappa shape index (κ3) is 7.36. The van der Waals surface area contributed by atoms with Gasteiger partial charge in [-0.15, -0.1) is 0 Å². The van der Waals surface area contributed by atoms with E-state index in [4.69, 9.17) is 9.84 Å². The summed E-state index contributed by atoms with van der Waals surface area (Å²) in [6.45, 7) is 11.9. The van der Waals surface area contributed by atoms with E-state index < -0.39 is 29.7 Å². The Kier molecular flexibility index (Phi) is 10.0. The van der Waals surface area contributed by atoms with Crippen LogP contribution in [0.3, 0.4) is 0 Å². The lowest BCUT2D eigenvalue weighted by Crippen LogP contribution is -2.40. The van der Waals surface area contributed by atoms with Gasteiger partial charge < -0.3 is 25.2 Å². The van der Waals surface area contributed by atoms with E-state index in [-0.39, 0.29) is 30.3 Å². The molecule has 4 N–H and O–H groups in total. The van der Waals surface area contributed by atoms with Gasteiger partial charge in [0.05, 0.1) is 30.1 Å². The Hall–Kier alpha value is -1.96. The second-order valence-electron chi connectivity index (χ2n) is 12.8. The average molecular weight is 533 g/mol. The topological polar surface area (TPSA) is 124 Å². The highest BCUT2D eigenvalue weighted by molar-refractivity contribution is 5.73. The number of aliphatic carboxylic acids is 1. The first kappa shape index (κ1) is 30.6. The molecule has 0 spiro atoms. The third-order valence-electron chi connectivity index (χ3n) is 9.50. The van der Waals surface area contributed by atoms with Gasteiger partial charge in [-0.2, -0.15) is 0 Å². The zero-order valence-corrected chi connectivity index (χ0v) is 23.6. The van der Waals surface area contributed by atoms with E-state index in [0.717, 1.165) is 37.7 Å². The van der Waals surface area contributed by atoms with Crippen molar-refractivity contribution in [1.29, 1.82) is 0 Å². The van der Waals surface area contributed by atoms with Crippen LogP contribution in [-0.4, -0.2) is 56.8 Å². The lowest BCUT2D eigenvalue weighted by atomic mass is 9.59. The molecule has 3 saturated carbocycles. The molecule has 0 aromatic rings. The summed E-state index contributed by atoms with van der Waals surface area (Å²) in [6.07, 6.45) is 9.76. The van der Waals surface area contributed by atoms with Gasteiger partial charge in [-0.25, -0.2) is 0 Å². The van der Waals surface area contributed by atoms with Crippen molar-refractivity contribution >= 4 is 11.9 Å². The van der Waals surface area contributed by atoms with Crippen molar-refractivity contribution in [2.75, 3.05) is 6.61 Å². The zero-order valence-electron chi connectivity index (χ0n) is 23.6. The number of hydrogen-bond donors (Lipinski definition) is 4. The van der Waals surface area contributed by atoms with E-state index in [2.05, 4.69) is 26.5 Å². The fraction of sp³-hybridized carbons (Fsp3) is 0.742. The number of carbonyl (C=O) groups is 2. The average Bonchev–Trinajstić information content (AvgIpc) is 3.17. The van der Waals surface area contributed by atoms with Gasteiger partial charge in [0.25, 0.3) is 0 Å². The zero-order chi connectivity index (χ0) is 28.3. The van der Waals surface area contributed by atoms with Crippen molar-refractivity contribution < 1.29 is 34.8 Å². The molecule has 214 valence electrons. The lowest BCUT2D eigenvalue weighted by Gasteiger charge is -2.45. The number of carboxylic acid groups (broad SMARTS) is 1. The smallest absolute Gasteiger partial charge is 0.309 e. The highest BCUT2D eigenvalue weighted by atomic mass is 16.5. The number of esters is 1. The molecule has 0 aromatic heterocycles. The maximum atomic E-state index is 13.2. The van der Waals surface area contributed by atoms with Crippen LogP contribution in [0.5, 0.6) is 0 Å². The predicted molar refractivity (Wildman–Crippen MR) is 146 cm³/mol. The van der Waals surface area contributed by atoms with Gasteiger partial charge in [-0.1, -0.05) is 38.2 Å². The van der Waals surface area contributed by atoms with Crippen molar-refractivity contribution in [2.24, 2.45) is 29.1 Å². The molecule has 3 aliphatic rings. The van der Waals surface area contributed by atoms with Gasteiger partial charge in [0.1, 0.15) is 6.61 Å². The van der Waals surface area contributed by atoms with E-state index in [1.165, 1.54) is 5.57 Å². The third-order valence-corrected chi connectivity index (χ3v) is 9.50. The van der Waals surface area contributed by atoms with Crippen LogP contribution in [0, 0.1) is 29.1 Å². The summed E-state index contributed by atoms with van der Waals surface area (Å²) >= 11 is 0. The Balaban J connectivity index is 1.80. The van der Waals surface area contributed by atoms with Crippen molar-refractivity contribution in [3.8, 4) is 0 Å². The molecule has 0 aliphatic heterocycles. The Labute approximate surface area is 227 Å². The number of hydrogen-bond acceptors (Lipinski definition) is 6. The first-order chi connectivity index (χ1) is 17.7. The molecule has 0 heterocycles. The molecular weight excluding hydrogens is 484 g/mol. The number of rotatable bonds is 10. The van der Waals surface area contributed by atoms with Crippen LogP contribution >= 0.6 is 0 Å². The second-order valence-corrected chi connectivity index (χ2v) is 12.8. The molecule has 7 nitrogen and oxygen atoms in total. The van der Waals surface area contributed by atoms with E-state index >= 15 is 0 Å². The highest BCUT2D eigenvalue weighted by Crippen LogP contribution is 2.60. The van der Waals surface area contributed by atoms with Crippen molar-refractivity contribution in [3.05, 3.63) is 35.5 Å². The molecular formula is C31H48O7. The maximum Gasteiger partial charge on any atom is 0.309 e. The summed E-state index contributed by atoms with van der Waals surface area (Å²) in [4.78, 5) is 24.1. The number of allylic oxidation sites excluding steroid dienone is 3. The van der Waals surface area contributed by atoms with Gasteiger partial charge >= 0.3 is 11.9 Å². The van der Waals surface area contributed by atoms with E-state index in [1.807, 2.05) is 6.08 Å². The fourth-order valence-electron chi connectivity index (χ4n) is 7.34. The van der Waals surface area contributed by atoms with E-state index in [1.54, 1.807) is 13.8 Å². The molecule has 0 bridgehead atoms. The number of ether oxygens (including phenoxy) is 1. The predicted octanol–water partition coefficient (Wildman–Crippen LogP) is 4.95. The van der Waals surface area contributed by atoms with Gasteiger partial charge in [-0.3, -0.25) is 9.59 Å². The van der Waals surface area contributed by atoms with Gasteiger partial charge in [0.2, 0.25) is 0 Å². The molecule has 0 radical (unpaired) electrons. The Morgan fingerprint density at radius 1 is 1.24 bits per heavy atom. The number of fused-ring (bicyclic) bond motifs is 1. The van der Waals surface area contributed by atoms with Crippen LogP contribution in [0.2, 0.25) is 0 Å². The molecule has 3 fully saturated rings. The molecule has 7 atom stereocenters. The van der Waals surface area contributed by atoms with Gasteiger partial charge in [-0.05, 0) is 99.5 Å². The summed E-state index contributed by atoms with van der Waals surface area (Å²) in [5, 5.41) is 39.6. The molecule has 0 amide bonds. The largest absolute Gasteiger partial charge is 0.481 e. The summed E-state index contributed by atoms with van der Waals surface area (Å²) in [6, 6.07) is 0. The van der Waals surface area contributed by atoms with Crippen molar-refractivity contribution in [2.45, 2.75) is 110 Å². The number of aliphatic hydroxyl groups is 3. The Morgan fingerprint density at radius 2 is 1.95 bits per heavy atom. The molecule has 3 rings (SSSR count). The van der Waals surface area contributed by atoms with E-state index in [0.29, 0.717) is 43.1 Å². The molecule has 7 heteroatoms. The Morgan fingerprint density at radius 3 is 2.61 bits per heavy atom. The van der Waals surface area contributed by atoms with Crippen LogP contribution in [0.15, 0.2) is 35.5 Å². The number of aliphatic hydroxyl groups excluding tert-OH is 2. The normalized spacial score (nSPS) is 33.7. The molecule has 0 aromatic carbocycles. The lowest BCUT2D eigenvalue weighted by molar-refractivity contribution is -0.154. The Bertz CT molecular complexity index is 942. The standard InChI is InChI=1S/C31H48O7/c1-19-22(17-23(32)18-27(19)33)9-8-21-7-6-14-31(5)25(10-11-26(21)31)20(2)24(12-15-30(3,4)37)29(36)38-16-13-28(34)35/h8-9,20,23-27,32-33,37H,1,6-7,10-18H2,2-5H3,(H,34,35)/b21-8?,22-9-/t20-,23-,24?,25-,26?,27-,31-/m1/s1. The fourth-order valence-corrected chi connectivity index (χ4v) is 7.34. The quantitative estimate of drug-likeness (QED) is 0.294. The van der Waals surface area contributed by atoms with E-state index in [9.17, 15) is 24.9 Å². The summed E-state index contributed by atoms with van der Waals surface area (Å²) in [7, 11) is 0. The highest BCUT2D eigenvalue weighted by Gasteiger charge is 2.52. The van der Waals surface area contributed by atoms with Gasteiger partial charge in [0, 0.05) is 6.42 Å². The molecule has 3 aliphatic carbocycles. The first-order valence-corrected chi connectivity index (χ1v) is 14.3. The van der Waals surface area contributed by atoms with Crippen molar-refractivity contribution in [1.82, 2.24) is 0 Å². The summed E-state index contributed by atoms with van der Waals surface area (Å²) in [5.74, 6) is -1.03. The monoisotopic (exact) mass is 532 g/mol. The number of carbonyl (C=O) groups excluding carboxylic acids is 1. The molecule has 0 saturated heterocycles.